The van der Waals surface area contributed by atoms with E-state index in [2.05, 4.69) is 4.98 Å². The molecular formula is C20H24N2O5S. The van der Waals surface area contributed by atoms with Crippen LogP contribution in [0, 0.1) is 12.8 Å². The number of hydrogen-bond acceptors (Lipinski definition) is 6. The number of benzene rings is 1. The minimum Gasteiger partial charge on any atom is -0.454 e. The monoisotopic (exact) mass is 404 g/mol. The standard InChI is InChI=1S/C20H24N2O5S/c1-13-11-17-5-4-6-18(19(17)21-12-13)28(25,26)22-9-7-16(8-10-22)20(24)27-15(3)14(2)23/h4-6,11-12,15-16H,7-10H2,1-3H3. The number of carbonyl (C=O) groups is 2. The highest BCUT2D eigenvalue weighted by Gasteiger charge is 2.34. The Bertz CT molecular complexity index is 1010. The Morgan fingerprint density at radius 2 is 1.93 bits per heavy atom. The summed E-state index contributed by atoms with van der Waals surface area (Å²) in [5, 5.41) is 0.776. The molecule has 2 heterocycles. The number of piperidine rings is 1. The third kappa shape index (κ3) is 4.07. The molecule has 3 rings (SSSR count). The van der Waals surface area contributed by atoms with Gasteiger partial charge in [0.25, 0.3) is 0 Å². The first-order valence-electron chi connectivity index (χ1n) is 9.26. The molecule has 0 radical (unpaired) electrons. The summed E-state index contributed by atoms with van der Waals surface area (Å²) in [6, 6.07) is 7.02. The minimum atomic E-state index is -3.72. The van der Waals surface area contributed by atoms with Gasteiger partial charge in [-0.25, -0.2) is 8.42 Å². The zero-order chi connectivity index (χ0) is 20.5. The lowest BCUT2D eigenvalue weighted by atomic mass is 9.98. The Labute approximate surface area is 164 Å². The number of ether oxygens (including phenoxy) is 1. The predicted molar refractivity (Wildman–Crippen MR) is 104 cm³/mol. The largest absolute Gasteiger partial charge is 0.454 e. The van der Waals surface area contributed by atoms with E-state index in [4.69, 9.17) is 4.74 Å². The molecule has 1 fully saturated rings. The number of rotatable bonds is 5. The van der Waals surface area contributed by atoms with Crippen LogP contribution in [0.3, 0.4) is 0 Å². The molecule has 0 amide bonds. The first-order chi connectivity index (χ1) is 13.2. The van der Waals surface area contributed by atoms with E-state index in [0.29, 0.717) is 18.4 Å². The zero-order valence-electron chi connectivity index (χ0n) is 16.2. The smallest absolute Gasteiger partial charge is 0.309 e. The van der Waals surface area contributed by atoms with Crippen LogP contribution in [0.5, 0.6) is 0 Å². The molecule has 2 aromatic rings. The van der Waals surface area contributed by atoms with Crippen LogP contribution in [0.25, 0.3) is 10.9 Å². The highest BCUT2D eigenvalue weighted by atomic mass is 32.2. The predicted octanol–water partition coefficient (Wildman–Crippen LogP) is 2.46. The van der Waals surface area contributed by atoms with Crippen LogP contribution in [0.4, 0.5) is 0 Å². The SMILES string of the molecule is CC(=O)C(C)OC(=O)C1CCN(S(=O)(=O)c2cccc3cc(C)cnc23)CC1. The lowest BCUT2D eigenvalue weighted by molar-refractivity contribution is -0.158. The van der Waals surface area contributed by atoms with Gasteiger partial charge in [0.1, 0.15) is 4.90 Å². The van der Waals surface area contributed by atoms with Crippen molar-refractivity contribution in [3.05, 3.63) is 36.0 Å². The topological polar surface area (TPSA) is 93.6 Å². The number of hydrogen-bond donors (Lipinski definition) is 0. The summed E-state index contributed by atoms with van der Waals surface area (Å²) in [7, 11) is -3.72. The van der Waals surface area contributed by atoms with Gasteiger partial charge < -0.3 is 4.74 Å². The fraction of sp³-hybridized carbons (Fsp3) is 0.450. The van der Waals surface area contributed by atoms with E-state index in [1.54, 1.807) is 18.3 Å². The summed E-state index contributed by atoms with van der Waals surface area (Å²) < 4.78 is 32.9. The molecule has 1 atom stereocenters. The molecule has 0 N–H and O–H groups in total. The van der Waals surface area contributed by atoms with Crippen molar-refractivity contribution >= 4 is 32.7 Å². The Balaban J connectivity index is 1.75. The van der Waals surface area contributed by atoms with Crippen molar-refractivity contribution in [2.24, 2.45) is 5.92 Å². The van der Waals surface area contributed by atoms with E-state index in [1.807, 2.05) is 19.1 Å². The summed E-state index contributed by atoms with van der Waals surface area (Å²) in [5.41, 5.74) is 1.41. The van der Waals surface area contributed by atoms with Crippen LogP contribution >= 0.6 is 0 Å². The second-order valence-electron chi connectivity index (χ2n) is 7.21. The number of esters is 1. The van der Waals surface area contributed by atoms with E-state index in [-0.39, 0.29) is 23.8 Å². The first-order valence-corrected chi connectivity index (χ1v) is 10.7. The van der Waals surface area contributed by atoms with Gasteiger partial charge in [0.2, 0.25) is 10.0 Å². The van der Waals surface area contributed by atoms with Crippen molar-refractivity contribution in [3.63, 3.8) is 0 Å². The number of pyridine rings is 1. The number of nitrogens with zero attached hydrogens (tertiary/aromatic N) is 2. The molecule has 0 bridgehead atoms. The molecule has 1 aromatic carbocycles. The average molecular weight is 404 g/mol. The molecule has 1 aliphatic rings. The van der Waals surface area contributed by atoms with Gasteiger partial charge in [0, 0.05) is 24.7 Å². The highest BCUT2D eigenvalue weighted by Crippen LogP contribution is 2.28. The third-order valence-electron chi connectivity index (χ3n) is 5.08. The van der Waals surface area contributed by atoms with Crippen LogP contribution in [-0.2, 0) is 24.3 Å². The van der Waals surface area contributed by atoms with E-state index in [9.17, 15) is 18.0 Å². The molecule has 150 valence electrons. The molecule has 0 spiro atoms. The maximum atomic E-state index is 13.2. The molecule has 0 saturated carbocycles. The molecule has 1 aromatic heterocycles. The van der Waals surface area contributed by atoms with Gasteiger partial charge in [-0.3, -0.25) is 14.6 Å². The van der Waals surface area contributed by atoms with Gasteiger partial charge in [-0.1, -0.05) is 12.1 Å². The van der Waals surface area contributed by atoms with Crippen molar-refractivity contribution in [2.45, 2.75) is 44.6 Å². The number of fused-ring (bicyclic) bond motifs is 1. The summed E-state index contributed by atoms with van der Waals surface area (Å²) in [6.07, 6.45) is 1.60. The Kier molecular flexibility index (Phi) is 5.81. The summed E-state index contributed by atoms with van der Waals surface area (Å²) >= 11 is 0. The molecule has 1 saturated heterocycles. The molecule has 28 heavy (non-hydrogen) atoms. The molecular weight excluding hydrogens is 380 g/mol. The molecule has 1 aliphatic heterocycles. The van der Waals surface area contributed by atoms with Crippen LogP contribution in [0.15, 0.2) is 35.4 Å². The number of aromatic nitrogens is 1. The first kappa shape index (κ1) is 20.4. The Hall–Kier alpha value is -2.32. The van der Waals surface area contributed by atoms with Gasteiger partial charge in [0.05, 0.1) is 11.4 Å². The quantitative estimate of drug-likeness (QED) is 0.711. The second kappa shape index (κ2) is 7.97. The van der Waals surface area contributed by atoms with Crippen LogP contribution in [-0.4, -0.2) is 48.7 Å². The van der Waals surface area contributed by atoms with Gasteiger partial charge in [-0.2, -0.15) is 4.31 Å². The van der Waals surface area contributed by atoms with E-state index >= 15 is 0 Å². The maximum absolute atomic E-state index is 13.2. The fourth-order valence-electron chi connectivity index (χ4n) is 3.28. The normalized spacial score (nSPS) is 17.4. The van der Waals surface area contributed by atoms with Crippen molar-refractivity contribution in [3.8, 4) is 0 Å². The van der Waals surface area contributed by atoms with E-state index in [0.717, 1.165) is 10.9 Å². The van der Waals surface area contributed by atoms with Gasteiger partial charge in [-0.15, -0.1) is 0 Å². The summed E-state index contributed by atoms with van der Waals surface area (Å²) in [5.74, 6) is -1.06. The molecule has 7 nitrogen and oxygen atoms in total. The maximum Gasteiger partial charge on any atom is 0.309 e. The van der Waals surface area contributed by atoms with Crippen molar-refractivity contribution in [1.82, 2.24) is 9.29 Å². The van der Waals surface area contributed by atoms with Crippen LogP contribution in [0.1, 0.15) is 32.3 Å². The highest BCUT2D eigenvalue weighted by molar-refractivity contribution is 7.89. The van der Waals surface area contributed by atoms with Crippen molar-refractivity contribution < 1.29 is 22.7 Å². The summed E-state index contributed by atoms with van der Waals surface area (Å²) in [4.78, 5) is 28.0. The zero-order valence-corrected chi connectivity index (χ0v) is 17.0. The lowest BCUT2D eigenvalue weighted by Crippen LogP contribution is -2.41. The fourth-order valence-corrected chi connectivity index (χ4v) is 4.91. The Morgan fingerprint density at radius 3 is 2.57 bits per heavy atom. The number of Topliss-reactive ketones (excluding diaryl/α,β-unsaturated/α-hetero) is 1. The molecule has 0 aliphatic carbocycles. The number of aryl methyl sites for hydroxylation is 1. The summed E-state index contributed by atoms with van der Waals surface area (Å²) in [6.45, 7) is 5.25. The van der Waals surface area contributed by atoms with Crippen molar-refractivity contribution in [1.29, 1.82) is 0 Å². The second-order valence-corrected chi connectivity index (χ2v) is 9.12. The van der Waals surface area contributed by atoms with Crippen molar-refractivity contribution in [2.75, 3.05) is 13.1 Å². The van der Waals surface area contributed by atoms with Crippen LogP contribution < -0.4 is 0 Å². The third-order valence-corrected chi connectivity index (χ3v) is 7.01. The number of carbonyl (C=O) groups excluding carboxylic acids is 2. The van der Waals surface area contributed by atoms with Crippen LogP contribution in [0.2, 0.25) is 0 Å². The lowest BCUT2D eigenvalue weighted by Gasteiger charge is -2.30. The van der Waals surface area contributed by atoms with Gasteiger partial charge in [0.15, 0.2) is 11.9 Å². The van der Waals surface area contributed by atoms with Gasteiger partial charge in [-0.05, 0) is 51.3 Å². The molecule has 8 heteroatoms. The number of ketones is 1. The number of sulfonamides is 1. The number of para-hydroxylation sites is 1. The van der Waals surface area contributed by atoms with Gasteiger partial charge >= 0.3 is 5.97 Å². The van der Waals surface area contributed by atoms with E-state index < -0.39 is 28.0 Å². The minimum absolute atomic E-state index is 0.177. The van der Waals surface area contributed by atoms with E-state index in [1.165, 1.54) is 18.2 Å². The molecule has 1 unspecified atom stereocenters. The average Bonchev–Trinajstić information content (AvgIpc) is 2.67. The Morgan fingerprint density at radius 1 is 1.25 bits per heavy atom.